The van der Waals surface area contributed by atoms with Crippen molar-refractivity contribution in [3.63, 3.8) is 0 Å². The van der Waals surface area contributed by atoms with Gasteiger partial charge in [-0.25, -0.2) is 4.79 Å². The fourth-order valence-electron chi connectivity index (χ4n) is 4.97. The number of nitriles is 1. The largest absolute Gasteiger partial charge is 0.480 e. The third-order valence-corrected chi connectivity index (χ3v) is 8.09. The number of rotatable bonds is 9. The topological polar surface area (TPSA) is 90.6 Å². The van der Waals surface area contributed by atoms with Crippen molar-refractivity contribution < 1.29 is 19.4 Å². The van der Waals surface area contributed by atoms with Crippen LogP contribution in [0.3, 0.4) is 0 Å². The summed E-state index contributed by atoms with van der Waals surface area (Å²) in [5.74, 6) is -1.51. The van der Waals surface area contributed by atoms with Gasteiger partial charge in [-0.1, -0.05) is 66.9 Å². The van der Waals surface area contributed by atoms with Gasteiger partial charge in [0.05, 0.1) is 17.7 Å². The van der Waals surface area contributed by atoms with Gasteiger partial charge in [0.15, 0.2) is 0 Å². The van der Waals surface area contributed by atoms with E-state index in [1.165, 1.54) is 16.7 Å². The second-order valence-corrected chi connectivity index (χ2v) is 11.1. The molecule has 39 heavy (non-hydrogen) atoms. The predicted molar refractivity (Wildman–Crippen MR) is 153 cm³/mol. The van der Waals surface area contributed by atoms with E-state index in [4.69, 9.17) is 27.9 Å². The number of morpholine rings is 1. The van der Waals surface area contributed by atoms with Crippen molar-refractivity contribution in [3.8, 4) is 6.07 Å². The minimum atomic E-state index is -1.08. The number of amides is 1. The van der Waals surface area contributed by atoms with E-state index < -0.39 is 36.2 Å². The van der Waals surface area contributed by atoms with Crippen molar-refractivity contribution in [1.29, 1.82) is 5.26 Å². The van der Waals surface area contributed by atoms with Gasteiger partial charge in [0, 0.05) is 21.4 Å². The standard InChI is InChI=1S/C30H28Cl2N2O4S/c1-3-4-25(30(36)37)34-27(18-5-10-22(31)11-6-18)28(19-7-12-23(32)13-8-19)38-26(29(34)35)16-20-9-14-24(39-2)15-21(20)17-33/h5-15,25-28H,3-4,16H2,1-2H3,(H,36,37)/t25?,26-,27+,28-/m0/s1. The third kappa shape index (κ3) is 6.42. The summed E-state index contributed by atoms with van der Waals surface area (Å²) in [5, 5.41) is 21.1. The van der Waals surface area contributed by atoms with Gasteiger partial charge in [-0.15, -0.1) is 11.8 Å². The smallest absolute Gasteiger partial charge is 0.326 e. The van der Waals surface area contributed by atoms with Crippen LogP contribution in [0.15, 0.2) is 71.6 Å². The number of carboxylic acid groups (broad SMARTS) is 1. The van der Waals surface area contributed by atoms with E-state index in [2.05, 4.69) is 6.07 Å². The maximum absolute atomic E-state index is 14.2. The number of carboxylic acids is 1. The molecule has 1 aliphatic heterocycles. The second kappa shape index (κ2) is 12.9. The number of carbonyl (C=O) groups is 2. The Morgan fingerprint density at radius 3 is 2.23 bits per heavy atom. The maximum Gasteiger partial charge on any atom is 0.326 e. The van der Waals surface area contributed by atoms with Gasteiger partial charge in [0.2, 0.25) is 0 Å². The minimum absolute atomic E-state index is 0.128. The van der Waals surface area contributed by atoms with E-state index in [1.807, 2.05) is 37.4 Å². The number of hydrogen-bond donors (Lipinski definition) is 1. The Labute approximate surface area is 242 Å². The van der Waals surface area contributed by atoms with Gasteiger partial charge < -0.3 is 14.7 Å². The summed E-state index contributed by atoms with van der Waals surface area (Å²) in [5.41, 5.74) is 2.57. The monoisotopic (exact) mass is 582 g/mol. The van der Waals surface area contributed by atoms with Crippen molar-refractivity contribution in [3.05, 3.63) is 99.0 Å². The van der Waals surface area contributed by atoms with Crippen molar-refractivity contribution in [2.24, 2.45) is 0 Å². The average molecular weight is 584 g/mol. The first-order chi connectivity index (χ1) is 18.8. The van der Waals surface area contributed by atoms with Crippen LogP contribution in [0, 0.1) is 11.3 Å². The summed E-state index contributed by atoms with van der Waals surface area (Å²) >= 11 is 13.9. The molecule has 0 spiro atoms. The van der Waals surface area contributed by atoms with Crippen LogP contribution in [0.1, 0.15) is 54.2 Å². The Morgan fingerprint density at radius 1 is 1.08 bits per heavy atom. The molecule has 4 atom stereocenters. The predicted octanol–water partition coefficient (Wildman–Crippen LogP) is 7.09. The van der Waals surface area contributed by atoms with Crippen LogP contribution in [-0.2, 0) is 20.7 Å². The summed E-state index contributed by atoms with van der Waals surface area (Å²) in [6.45, 7) is 1.89. The van der Waals surface area contributed by atoms with Crippen LogP contribution < -0.4 is 0 Å². The Kier molecular flexibility index (Phi) is 9.58. The van der Waals surface area contributed by atoms with E-state index in [1.54, 1.807) is 42.5 Å². The molecule has 1 amide bonds. The Balaban J connectivity index is 1.86. The normalized spacial score (nSPS) is 19.9. The Bertz CT molecular complexity index is 1380. The third-order valence-electron chi connectivity index (χ3n) is 6.86. The molecule has 1 aliphatic rings. The number of benzene rings is 3. The van der Waals surface area contributed by atoms with Crippen molar-refractivity contribution in [2.45, 2.75) is 55.4 Å². The molecule has 0 aromatic heterocycles. The molecular formula is C30H28Cl2N2O4S. The Morgan fingerprint density at radius 2 is 1.69 bits per heavy atom. The molecule has 202 valence electrons. The fourth-order valence-corrected chi connectivity index (χ4v) is 5.66. The van der Waals surface area contributed by atoms with Crippen LogP contribution in [-0.4, -0.2) is 40.3 Å². The molecule has 0 radical (unpaired) electrons. The molecule has 9 heteroatoms. The molecular weight excluding hydrogens is 555 g/mol. The zero-order valence-corrected chi connectivity index (χ0v) is 23.8. The molecule has 6 nitrogen and oxygen atoms in total. The minimum Gasteiger partial charge on any atom is -0.480 e. The lowest BCUT2D eigenvalue weighted by atomic mass is 9.88. The van der Waals surface area contributed by atoms with E-state index >= 15 is 0 Å². The van der Waals surface area contributed by atoms with Crippen LogP contribution in [0.4, 0.5) is 0 Å². The first-order valence-electron chi connectivity index (χ1n) is 12.6. The molecule has 0 bridgehead atoms. The Hall–Kier alpha value is -3.02. The molecule has 1 fully saturated rings. The lowest BCUT2D eigenvalue weighted by Crippen LogP contribution is -2.57. The highest BCUT2D eigenvalue weighted by Crippen LogP contribution is 2.44. The number of nitrogens with zero attached hydrogens (tertiary/aromatic N) is 2. The van der Waals surface area contributed by atoms with Gasteiger partial charge in [-0.05, 0) is 65.8 Å². The lowest BCUT2D eigenvalue weighted by molar-refractivity contribution is -0.184. The SMILES string of the molecule is CCCC(C(=O)O)N1C(=O)[C@H](Cc2ccc(SC)cc2C#N)O[C@@H](c2ccc(Cl)cc2)[C@H]1c1ccc(Cl)cc1. The summed E-state index contributed by atoms with van der Waals surface area (Å²) in [7, 11) is 0. The number of hydrogen-bond acceptors (Lipinski definition) is 5. The first kappa shape index (κ1) is 29.0. The molecule has 1 N–H and O–H groups in total. The fraction of sp³-hybridized carbons (Fsp3) is 0.300. The highest BCUT2D eigenvalue weighted by atomic mass is 35.5. The number of thioether (sulfide) groups is 1. The van der Waals surface area contributed by atoms with Crippen LogP contribution in [0.25, 0.3) is 0 Å². The van der Waals surface area contributed by atoms with E-state index in [0.717, 1.165) is 10.5 Å². The van der Waals surface area contributed by atoms with Crippen molar-refractivity contribution in [1.82, 2.24) is 4.90 Å². The summed E-state index contributed by atoms with van der Waals surface area (Å²) in [6.07, 6.45) is 1.20. The zero-order chi connectivity index (χ0) is 28.1. The van der Waals surface area contributed by atoms with Gasteiger partial charge in [-0.3, -0.25) is 4.79 Å². The van der Waals surface area contributed by atoms with E-state index in [9.17, 15) is 20.0 Å². The van der Waals surface area contributed by atoms with Gasteiger partial charge >= 0.3 is 5.97 Å². The summed E-state index contributed by atoms with van der Waals surface area (Å²) in [4.78, 5) is 29.1. The van der Waals surface area contributed by atoms with Crippen LogP contribution >= 0.6 is 35.0 Å². The zero-order valence-electron chi connectivity index (χ0n) is 21.5. The van der Waals surface area contributed by atoms with Crippen LogP contribution in [0.5, 0.6) is 0 Å². The highest BCUT2D eigenvalue weighted by Gasteiger charge is 2.48. The van der Waals surface area contributed by atoms with Crippen LogP contribution in [0.2, 0.25) is 10.0 Å². The lowest BCUT2D eigenvalue weighted by Gasteiger charge is -2.47. The molecule has 0 saturated carbocycles. The van der Waals surface area contributed by atoms with Gasteiger partial charge in [0.1, 0.15) is 18.2 Å². The molecule has 3 aromatic carbocycles. The number of ether oxygens (including phenoxy) is 1. The van der Waals surface area contributed by atoms with Crippen molar-refractivity contribution >= 4 is 46.8 Å². The number of halogens is 2. The van der Waals surface area contributed by atoms with Crippen molar-refractivity contribution in [2.75, 3.05) is 6.26 Å². The maximum atomic E-state index is 14.2. The van der Waals surface area contributed by atoms with Gasteiger partial charge in [-0.2, -0.15) is 5.26 Å². The quantitative estimate of drug-likeness (QED) is 0.271. The number of aliphatic carboxylic acids is 1. The van der Waals surface area contributed by atoms with E-state index in [-0.39, 0.29) is 12.8 Å². The second-order valence-electron chi connectivity index (χ2n) is 9.32. The summed E-state index contributed by atoms with van der Waals surface area (Å²) in [6, 6.07) is 20.1. The van der Waals surface area contributed by atoms with E-state index in [0.29, 0.717) is 33.2 Å². The first-order valence-corrected chi connectivity index (χ1v) is 14.5. The molecule has 0 aliphatic carbocycles. The molecule has 1 heterocycles. The molecule has 1 saturated heterocycles. The molecule has 4 rings (SSSR count). The molecule has 1 unspecified atom stereocenters. The number of carbonyl (C=O) groups excluding carboxylic acids is 1. The summed E-state index contributed by atoms with van der Waals surface area (Å²) < 4.78 is 6.55. The van der Waals surface area contributed by atoms with Gasteiger partial charge in [0.25, 0.3) is 5.91 Å². The molecule has 3 aromatic rings. The highest BCUT2D eigenvalue weighted by molar-refractivity contribution is 7.98. The average Bonchev–Trinajstić information content (AvgIpc) is 2.94.